The van der Waals surface area contributed by atoms with Gasteiger partial charge in [-0.3, -0.25) is 9.69 Å². The summed E-state index contributed by atoms with van der Waals surface area (Å²) in [5.74, 6) is 3.19. The summed E-state index contributed by atoms with van der Waals surface area (Å²) in [6.07, 6.45) is 4.87. The van der Waals surface area contributed by atoms with Crippen LogP contribution in [0.25, 0.3) is 11.4 Å². The Labute approximate surface area is 217 Å². The zero-order valence-electron chi connectivity index (χ0n) is 21.7. The van der Waals surface area contributed by atoms with E-state index in [9.17, 15) is 4.79 Å². The number of carbonyl (C=O) groups excluding carboxylic acids is 1. The van der Waals surface area contributed by atoms with Crippen molar-refractivity contribution in [1.29, 1.82) is 0 Å². The summed E-state index contributed by atoms with van der Waals surface area (Å²) >= 11 is 0. The Morgan fingerprint density at radius 3 is 2.73 bits per heavy atom. The van der Waals surface area contributed by atoms with Crippen LogP contribution in [-0.2, 0) is 17.8 Å². The second kappa shape index (κ2) is 11.2. The van der Waals surface area contributed by atoms with Crippen molar-refractivity contribution in [2.45, 2.75) is 44.7 Å². The number of aryl methyl sites for hydroxylation is 1. The summed E-state index contributed by atoms with van der Waals surface area (Å²) in [5, 5.41) is 7.48. The molecule has 1 aliphatic carbocycles. The Morgan fingerprint density at radius 2 is 1.92 bits per heavy atom. The first-order valence-electron chi connectivity index (χ1n) is 12.8. The first kappa shape index (κ1) is 25.1. The van der Waals surface area contributed by atoms with Gasteiger partial charge in [0.2, 0.25) is 17.6 Å². The standard InChI is InChI=1S/C28H34N4O5/c1-34-21-10-11-22-18(14-21)6-4-8-23(22)29-28(33)20-7-5-13-32(16-20)17-26-30-27(31-37-26)19-9-12-24(35-2)25(15-19)36-3/h9-12,14-15,20,23H,4-8,13,16-17H2,1-3H3,(H,29,33). The van der Waals surface area contributed by atoms with Crippen LogP contribution in [-0.4, -0.2) is 55.4 Å². The molecule has 0 radical (unpaired) electrons. The molecule has 2 atom stereocenters. The van der Waals surface area contributed by atoms with E-state index in [1.54, 1.807) is 21.3 Å². The van der Waals surface area contributed by atoms with Gasteiger partial charge in [-0.1, -0.05) is 11.2 Å². The van der Waals surface area contributed by atoms with Crippen LogP contribution in [0.3, 0.4) is 0 Å². The van der Waals surface area contributed by atoms with E-state index in [0.717, 1.165) is 50.0 Å². The number of hydrogen-bond donors (Lipinski definition) is 1. The normalized spacial score (nSPS) is 19.6. The van der Waals surface area contributed by atoms with Crippen LogP contribution in [0.4, 0.5) is 0 Å². The van der Waals surface area contributed by atoms with Gasteiger partial charge < -0.3 is 24.1 Å². The molecule has 0 spiro atoms. The maximum absolute atomic E-state index is 13.3. The number of carbonyl (C=O) groups is 1. The zero-order valence-corrected chi connectivity index (χ0v) is 21.7. The van der Waals surface area contributed by atoms with Gasteiger partial charge in [0.1, 0.15) is 5.75 Å². The van der Waals surface area contributed by atoms with Crippen molar-refractivity contribution in [2.75, 3.05) is 34.4 Å². The second-order valence-corrected chi connectivity index (χ2v) is 9.67. The number of amides is 1. The summed E-state index contributed by atoms with van der Waals surface area (Å²) in [6, 6.07) is 11.7. The minimum atomic E-state index is -0.0642. The van der Waals surface area contributed by atoms with E-state index in [-0.39, 0.29) is 17.9 Å². The van der Waals surface area contributed by atoms with Crippen molar-refractivity contribution < 1.29 is 23.5 Å². The molecule has 3 aromatic rings. The number of nitrogens with zero attached hydrogens (tertiary/aromatic N) is 3. The van der Waals surface area contributed by atoms with Crippen LogP contribution >= 0.6 is 0 Å². The Balaban J connectivity index is 1.20. The van der Waals surface area contributed by atoms with E-state index in [0.29, 0.717) is 36.3 Å². The van der Waals surface area contributed by atoms with E-state index in [1.165, 1.54) is 11.1 Å². The van der Waals surface area contributed by atoms with Gasteiger partial charge >= 0.3 is 0 Å². The first-order valence-corrected chi connectivity index (χ1v) is 12.8. The SMILES string of the molecule is COc1ccc2c(c1)CCCC2NC(=O)C1CCCN(Cc2nc(-c3ccc(OC)c(OC)c3)no2)C1. The smallest absolute Gasteiger partial charge is 0.241 e. The molecule has 1 aromatic heterocycles. The monoisotopic (exact) mass is 506 g/mol. The molecule has 1 aliphatic heterocycles. The highest BCUT2D eigenvalue weighted by Gasteiger charge is 2.30. The van der Waals surface area contributed by atoms with Crippen molar-refractivity contribution in [3.63, 3.8) is 0 Å². The lowest BCUT2D eigenvalue weighted by molar-refractivity contribution is -0.127. The summed E-state index contributed by atoms with van der Waals surface area (Å²) in [6.45, 7) is 2.07. The number of likely N-dealkylation sites (tertiary alicyclic amines) is 1. The highest BCUT2D eigenvalue weighted by atomic mass is 16.5. The number of piperidine rings is 1. The number of ether oxygens (including phenoxy) is 3. The first-order chi connectivity index (χ1) is 18.1. The molecule has 9 nitrogen and oxygen atoms in total. The molecule has 37 heavy (non-hydrogen) atoms. The zero-order chi connectivity index (χ0) is 25.8. The maximum atomic E-state index is 13.3. The Kier molecular flexibility index (Phi) is 7.60. The predicted molar refractivity (Wildman–Crippen MR) is 138 cm³/mol. The average molecular weight is 507 g/mol. The van der Waals surface area contributed by atoms with Crippen LogP contribution in [0.1, 0.15) is 48.7 Å². The molecule has 2 aromatic carbocycles. The van der Waals surface area contributed by atoms with Crippen molar-refractivity contribution >= 4 is 5.91 Å². The molecule has 1 N–H and O–H groups in total. The highest BCUT2D eigenvalue weighted by Crippen LogP contribution is 2.33. The van der Waals surface area contributed by atoms with Crippen molar-refractivity contribution in [3.8, 4) is 28.6 Å². The van der Waals surface area contributed by atoms with Crippen LogP contribution in [0.2, 0.25) is 0 Å². The fourth-order valence-corrected chi connectivity index (χ4v) is 5.37. The van der Waals surface area contributed by atoms with Gasteiger partial charge in [0.05, 0.1) is 39.8 Å². The lowest BCUT2D eigenvalue weighted by Gasteiger charge is -2.33. The number of fused-ring (bicyclic) bond motifs is 1. The molecule has 9 heteroatoms. The van der Waals surface area contributed by atoms with Gasteiger partial charge in [0.15, 0.2) is 11.5 Å². The summed E-state index contributed by atoms with van der Waals surface area (Å²) in [4.78, 5) is 20.1. The summed E-state index contributed by atoms with van der Waals surface area (Å²) in [7, 11) is 4.88. The van der Waals surface area contributed by atoms with E-state index < -0.39 is 0 Å². The molecule has 5 rings (SSSR count). The maximum Gasteiger partial charge on any atom is 0.241 e. The number of nitrogens with one attached hydrogen (secondary N) is 1. The molecule has 0 saturated carbocycles. The van der Waals surface area contributed by atoms with Gasteiger partial charge in [-0.15, -0.1) is 0 Å². The van der Waals surface area contributed by atoms with E-state index in [4.69, 9.17) is 18.7 Å². The van der Waals surface area contributed by atoms with E-state index in [1.807, 2.05) is 24.3 Å². The van der Waals surface area contributed by atoms with Gasteiger partial charge in [-0.25, -0.2) is 0 Å². The van der Waals surface area contributed by atoms with Crippen molar-refractivity contribution in [3.05, 3.63) is 53.4 Å². The quantitative estimate of drug-likeness (QED) is 0.486. The molecule has 1 fully saturated rings. The van der Waals surface area contributed by atoms with Crippen LogP contribution in [0, 0.1) is 5.92 Å². The van der Waals surface area contributed by atoms with Gasteiger partial charge in [-0.05, 0) is 80.1 Å². The average Bonchev–Trinajstić information content (AvgIpc) is 3.41. The molecular formula is C28H34N4O5. The number of hydrogen-bond acceptors (Lipinski definition) is 8. The molecule has 2 heterocycles. The Bertz CT molecular complexity index is 1240. The van der Waals surface area contributed by atoms with Crippen LogP contribution in [0.15, 0.2) is 40.9 Å². The molecule has 1 saturated heterocycles. The lowest BCUT2D eigenvalue weighted by Crippen LogP contribution is -2.44. The third kappa shape index (κ3) is 5.56. The minimum absolute atomic E-state index is 0.0533. The van der Waals surface area contributed by atoms with Crippen LogP contribution < -0.4 is 19.5 Å². The summed E-state index contributed by atoms with van der Waals surface area (Å²) in [5.41, 5.74) is 3.26. The number of aromatic nitrogens is 2. The second-order valence-electron chi connectivity index (χ2n) is 9.67. The van der Waals surface area contributed by atoms with E-state index >= 15 is 0 Å². The molecular weight excluding hydrogens is 472 g/mol. The van der Waals surface area contributed by atoms with E-state index in [2.05, 4.69) is 32.5 Å². The Morgan fingerprint density at radius 1 is 1.05 bits per heavy atom. The summed E-state index contributed by atoms with van der Waals surface area (Å²) < 4.78 is 21.6. The van der Waals surface area contributed by atoms with Gasteiger partial charge in [0.25, 0.3) is 0 Å². The lowest BCUT2D eigenvalue weighted by atomic mass is 9.86. The number of rotatable bonds is 8. The van der Waals surface area contributed by atoms with Gasteiger partial charge in [0, 0.05) is 12.1 Å². The molecule has 0 bridgehead atoms. The Hall–Kier alpha value is -3.59. The largest absolute Gasteiger partial charge is 0.497 e. The fraction of sp³-hybridized carbons (Fsp3) is 0.464. The van der Waals surface area contributed by atoms with Crippen LogP contribution in [0.5, 0.6) is 17.2 Å². The highest BCUT2D eigenvalue weighted by molar-refractivity contribution is 5.79. The number of benzene rings is 2. The van der Waals surface area contributed by atoms with Gasteiger partial charge in [-0.2, -0.15) is 4.98 Å². The minimum Gasteiger partial charge on any atom is -0.497 e. The molecule has 2 unspecified atom stereocenters. The third-order valence-corrected chi connectivity index (χ3v) is 7.33. The third-order valence-electron chi connectivity index (χ3n) is 7.33. The molecule has 196 valence electrons. The topological polar surface area (TPSA) is 99.0 Å². The van der Waals surface area contributed by atoms with Crippen molar-refractivity contribution in [2.24, 2.45) is 5.92 Å². The fourth-order valence-electron chi connectivity index (χ4n) is 5.37. The molecule has 1 amide bonds. The molecule has 2 aliphatic rings. The van der Waals surface area contributed by atoms with Crippen molar-refractivity contribution in [1.82, 2.24) is 20.4 Å². The predicted octanol–water partition coefficient (Wildman–Crippen LogP) is 4.17. The number of methoxy groups -OCH3 is 3.